The van der Waals surface area contributed by atoms with Crippen molar-refractivity contribution in [2.24, 2.45) is 11.8 Å². The molecule has 4 aromatic carbocycles. The van der Waals surface area contributed by atoms with Crippen LogP contribution < -0.4 is 20.1 Å². The van der Waals surface area contributed by atoms with Crippen molar-refractivity contribution in [3.63, 3.8) is 0 Å². The summed E-state index contributed by atoms with van der Waals surface area (Å²) in [5, 5.41) is 4.39. The Labute approximate surface area is 260 Å². The second-order valence-electron chi connectivity index (χ2n) is 10.7. The van der Waals surface area contributed by atoms with Crippen LogP contribution in [0, 0.1) is 11.8 Å². The van der Waals surface area contributed by atoms with Crippen LogP contribution in [0.15, 0.2) is 109 Å². The minimum absolute atomic E-state index is 0.110. The molecular weight excluding hydrogens is 572 g/mol. The van der Waals surface area contributed by atoms with E-state index in [0.717, 1.165) is 0 Å². The van der Waals surface area contributed by atoms with Crippen molar-refractivity contribution in [3.8, 4) is 11.5 Å². The molecule has 3 atom stereocenters. The standard InChI is InChI=1S/C36H32N2O7/c1-44-26-17-13-22(14-18-26)28(21-29(39)23-9-5-3-6-10-23)31(33(40)25-11-7-4-8-12-25)30(24-15-19-27(45-2)20-16-24)32-34(41)37-36(43)38-35(32)42/h3-20,28,30-32H,21H2,1-2H3,(H2,37,38,41,42,43). The Kier molecular flexibility index (Phi) is 9.48. The van der Waals surface area contributed by atoms with Crippen molar-refractivity contribution < 1.29 is 33.4 Å². The number of hydrogen-bond donors (Lipinski definition) is 2. The number of barbiturate groups is 1. The summed E-state index contributed by atoms with van der Waals surface area (Å²) in [4.78, 5) is 67.7. The first kappa shape index (κ1) is 30.9. The van der Waals surface area contributed by atoms with E-state index in [2.05, 4.69) is 10.6 Å². The van der Waals surface area contributed by atoms with E-state index >= 15 is 0 Å². The highest BCUT2D eigenvalue weighted by molar-refractivity contribution is 6.17. The second kappa shape index (κ2) is 13.8. The number of carbonyl (C=O) groups is 5. The van der Waals surface area contributed by atoms with Crippen LogP contribution in [0.25, 0.3) is 0 Å². The Morgan fingerprint density at radius 1 is 0.644 bits per heavy atom. The number of nitrogens with one attached hydrogen (secondary N) is 2. The van der Waals surface area contributed by atoms with Gasteiger partial charge in [0.2, 0.25) is 11.8 Å². The number of methoxy groups -OCH3 is 2. The number of imide groups is 2. The maximum Gasteiger partial charge on any atom is 0.328 e. The van der Waals surface area contributed by atoms with Crippen molar-refractivity contribution in [1.82, 2.24) is 10.6 Å². The molecule has 2 N–H and O–H groups in total. The molecule has 0 aliphatic carbocycles. The molecule has 0 bridgehead atoms. The molecule has 1 fully saturated rings. The fourth-order valence-electron chi connectivity index (χ4n) is 5.92. The molecular formula is C36H32N2O7. The Balaban J connectivity index is 1.75. The van der Waals surface area contributed by atoms with E-state index < -0.39 is 41.5 Å². The lowest BCUT2D eigenvalue weighted by Crippen LogP contribution is -2.58. The lowest BCUT2D eigenvalue weighted by Gasteiger charge is -2.38. The second-order valence-corrected chi connectivity index (χ2v) is 10.7. The van der Waals surface area contributed by atoms with Crippen molar-refractivity contribution >= 4 is 29.4 Å². The molecule has 5 rings (SSSR count). The fraction of sp³-hybridized carbons (Fsp3) is 0.194. The van der Waals surface area contributed by atoms with E-state index in [4.69, 9.17) is 9.47 Å². The Morgan fingerprint density at radius 3 is 1.60 bits per heavy atom. The molecule has 1 saturated heterocycles. The normalized spacial score (nSPS) is 15.3. The van der Waals surface area contributed by atoms with Crippen LogP contribution in [-0.4, -0.2) is 43.6 Å². The molecule has 0 saturated carbocycles. The van der Waals surface area contributed by atoms with Crippen molar-refractivity contribution in [1.29, 1.82) is 0 Å². The molecule has 9 nitrogen and oxygen atoms in total. The Morgan fingerprint density at radius 2 is 1.11 bits per heavy atom. The first-order chi connectivity index (χ1) is 21.8. The summed E-state index contributed by atoms with van der Waals surface area (Å²) in [6.07, 6.45) is -0.110. The van der Waals surface area contributed by atoms with E-state index in [9.17, 15) is 24.0 Å². The summed E-state index contributed by atoms with van der Waals surface area (Å²) in [6.45, 7) is 0. The number of urea groups is 1. The smallest absolute Gasteiger partial charge is 0.328 e. The van der Waals surface area contributed by atoms with Gasteiger partial charge in [-0.15, -0.1) is 0 Å². The number of benzene rings is 4. The zero-order valence-electron chi connectivity index (χ0n) is 24.8. The van der Waals surface area contributed by atoms with Gasteiger partial charge in [-0.3, -0.25) is 29.8 Å². The third-order valence-electron chi connectivity index (χ3n) is 8.12. The summed E-state index contributed by atoms with van der Waals surface area (Å²) in [6, 6.07) is 30.1. The third-order valence-corrected chi connectivity index (χ3v) is 8.12. The van der Waals surface area contributed by atoms with Crippen LogP contribution in [0.5, 0.6) is 11.5 Å². The topological polar surface area (TPSA) is 128 Å². The van der Waals surface area contributed by atoms with Crippen LogP contribution in [-0.2, 0) is 9.59 Å². The molecule has 1 aliphatic rings. The molecule has 45 heavy (non-hydrogen) atoms. The van der Waals surface area contributed by atoms with Gasteiger partial charge in [0.1, 0.15) is 17.4 Å². The van der Waals surface area contributed by atoms with Gasteiger partial charge in [-0.25, -0.2) is 4.79 Å². The predicted molar refractivity (Wildman–Crippen MR) is 166 cm³/mol. The van der Waals surface area contributed by atoms with Crippen LogP contribution in [0.2, 0.25) is 0 Å². The minimum atomic E-state index is -1.47. The average Bonchev–Trinajstić information content (AvgIpc) is 3.07. The predicted octanol–water partition coefficient (Wildman–Crippen LogP) is 5.33. The zero-order valence-corrected chi connectivity index (χ0v) is 24.8. The molecule has 9 heteroatoms. The highest BCUT2D eigenvalue weighted by Crippen LogP contribution is 2.46. The number of ketones is 2. The molecule has 0 radical (unpaired) electrons. The Bertz CT molecular complexity index is 1670. The number of ether oxygens (including phenoxy) is 2. The van der Waals surface area contributed by atoms with Crippen molar-refractivity contribution in [3.05, 3.63) is 131 Å². The Hall–Kier alpha value is -5.57. The highest BCUT2D eigenvalue weighted by Gasteiger charge is 2.49. The maximum atomic E-state index is 14.8. The molecule has 1 heterocycles. The van der Waals surface area contributed by atoms with E-state index in [1.165, 1.54) is 14.2 Å². The molecule has 0 aromatic heterocycles. The molecule has 228 valence electrons. The summed E-state index contributed by atoms with van der Waals surface area (Å²) in [5.74, 6) is -5.63. The van der Waals surface area contributed by atoms with E-state index in [1.54, 1.807) is 109 Å². The largest absolute Gasteiger partial charge is 0.497 e. The lowest BCUT2D eigenvalue weighted by atomic mass is 9.65. The van der Waals surface area contributed by atoms with Crippen LogP contribution in [0.3, 0.4) is 0 Å². The first-order valence-electron chi connectivity index (χ1n) is 14.4. The number of amides is 4. The molecule has 1 aliphatic heterocycles. The lowest BCUT2D eigenvalue weighted by molar-refractivity contribution is -0.137. The molecule has 4 amide bonds. The van der Waals surface area contributed by atoms with Gasteiger partial charge in [-0.05, 0) is 35.4 Å². The van der Waals surface area contributed by atoms with Gasteiger partial charge in [0.05, 0.1) is 14.2 Å². The van der Waals surface area contributed by atoms with Gasteiger partial charge >= 0.3 is 6.03 Å². The number of Topliss-reactive ketones (excluding diaryl/α,β-unsaturated/α-hetero) is 2. The summed E-state index contributed by atoms with van der Waals surface area (Å²) >= 11 is 0. The van der Waals surface area contributed by atoms with Crippen LogP contribution in [0.1, 0.15) is 50.1 Å². The van der Waals surface area contributed by atoms with E-state index in [-0.39, 0.29) is 18.0 Å². The van der Waals surface area contributed by atoms with Crippen molar-refractivity contribution in [2.75, 3.05) is 14.2 Å². The molecule has 0 spiro atoms. The number of carbonyl (C=O) groups excluding carboxylic acids is 5. The first-order valence-corrected chi connectivity index (χ1v) is 14.4. The van der Waals surface area contributed by atoms with Crippen LogP contribution in [0.4, 0.5) is 4.79 Å². The van der Waals surface area contributed by atoms with Crippen molar-refractivity contribution in [2.45, 2.75) is 18.3 Å². The number of hydrogen-bond acceptors (Lipinski definition) is 7. The van der Waals surface area contributed by atoms with Gasteiger partial charge in [-0.1, -0.05) is 84.9 Å². The van der Waals surface area contributed by atoms with Gasteiger partial charge in [0.15, 0.2) is 11.6 Å². The molecule has 3 unspecified atom stereocenters. The quantitative estimate of drug-likeness (QED) is 0.165. The maximum absolute atomic E-state index is 14.8. The van der Waals surface area contributed by atoms with Gasteiger partial charge in [0, 0.05) is 35.3 Å². The van der Waals surface area contributed by atoms with Gasteiger partial charge in [0.25, 0.3) is 0 Å². The zero-order chi connectivity index (χ0) is 31.9. The highest BCUT2D eigenvalue weighted by atomic mass is 16.5. The minimum Gasteiger partial charge on any atom is -0.497 e. The summed E-state index contributed by atoms with van der Waals surface area (Å²) < 4.78 is 10.7. The van der Waals surface area contributed by atoms with E-state index in [1.807, 2.05) is 0 Å². The third kappa shape index (κ3) is 6.83. The SMILES string of the molecule is COc1ccc(C(CC(=O)c2ccccc2)C(C(=O)c2ccccc2)C(c2ccc(OC)cc2)C2C(=O)NC(=O)NC2=O)cc1. The van der Waals surface area contributed by atoms with Crippen LogP contribution >= 0.6 is 0 Å². The van der Waals surface area contributed by atoms with Gasteiger partial charge < -0.3 is 9.47 Å². The molecule has 4 aromatic rings. The average molecular weight is 605 g/mol. The van der Waals surface area contributed by atoms with Gasteiger partial charge in [-0.2, -0.15) is 0 Å². The fourth-order valence-corrected chi connectivity index (χ4v) is 5.92. The summed E-state index contributed by atoms with van der Waals surface area (Å²) in [7, 11) is 3.05. The monoisotopic (exact) mass is 604 g/mol. The number of rotatable bonds is 12. The van der Waals surface area contributed by atoms with E-state index in [0.29, 0.717) is 33.8 Å². The summed E-state index contributed by atoms with van der Waals surface area (Å²) in [5.41, 5.74) is 1.93.